The minimum atomic E-state index is 0.573. The largest absolute Gasteiger partial charge is 0.496 e. The van der Waals surface area contributed by atoms with E-state index in [1.54, 1.807) is 14.2 Å². The van der Waals surface area contributed by atoms with E-state index in [1.165, 1.54) is 56.1 Å². The number of ether oxygens (including phenoxy) is 2. The molecule has 1 fully saturated rings. The van der Waals surface area contributed by atoms with Crippen molar-refractivity contribution >= 4 is 0 Å². The van der Waals surface area contributed by atoms with Gasteiger partial charge in [0.05, 0.1) is 14.2 Å². The van der Waals surface area contributed by atoms with Gasteiger partial charge >= 0.3 is 0 Å². The van der Waals surface area contributed by atoms with E-state index in [-0.39, 0.29) is 0 Å². The Morgan fingerprint density at radius 1 is 1.00 bits per heavy atom. The molecule has 0 saturated heterocycles. The maximum Gasteiger partial charge on any atom is 0.126 e. The van der Waals surface area contributed by atoms with Gasteiger partial charge in [-0.05, 0) is 48.8 Å². The van der Waals surface area contributed by atoms with Gasteiger partial charge in [-0.1, -0.05) is 46.0 Å². The highest BCUT2D eigenvalue weighted by Gasteiger charge is 2.28. The summed E-state index contributed by atoms with van der Waals surface area (Å²) >= 11 is 0. The van der Waals surface area contributed by atoms with E-state index in [0.717, 1.165) is 17.9 Å². The first-order valence-electron chi connectivity index (χ1n) is 8.96. The first kappa shape index (κ1) is 17.2. The molecule has 0 bridgehead atoms. The molecule has 1 aliphatic carbocycles. The number of hydrogen-bond donors (Lipinski definition) is 0. The molecule has 0 aromatic heterocycles. The molecule has 2 rings (SSSR count). The van der Waals surface area contributed by atoms with Crippen LogP contribution in [0.2, 0.25) is 0 Å². The van der Waals surface area contributed by atoms with Gasteiger partial charge in [0.25, 0.3) is 0 Å². The fourth-order valence-electron chi connectivity index (χ4n) is 3.83. The Labute approximate surface area is 136 Å². The van der Waals surface area contributed by atoms with Crippen LogP contribution in [0.3, 0.4) is 0 Å². The number of unbranched alkanes of at least 4 members (excludes halogenated alkanes) is 2. The minimum absolute atomic E-state index is 0.573. The average Bonchev–Trinajstić information content (AvgIpc) is 2.55. The Kier molecular flexibility index (Phi) is 6.60. The van der Waals surface area contributed by atoms with Crippen molar-refractivity contribution in [3.8, 4) is 11.5 Å². The first-order chi connectivity index (χ1) is 10.7. The number of aryl methyl sites for hydroxylation is 1. The van der Waals surface area contributed by atoms with Crippen molar-refractivity contribution in [1.82, 2.24) is 0 Å². The minimum Gasteiger partial charge on any atom is -0.496 e. The normalized spacial score (nSPS) is 21.6. The van der Waals surface area contributed by atoms with Crippen LogP contribution in [0, 0.1) is 5.92 Å². The van der Waals surface area contributed by atoms with Gasteiger partial charge in [-0.2, -0.15) is 0 Å². The van der Waals surface area contributed by atoms with E-state index in [1.807, 2.05) is 0 Å². The van der Waals surface area contributed by atoms with Crippen LogP contribution in [-0.2, 0) is 6.42 Å². The van der Waals surface area contributed by atoms with Gasteiger partial charge in [-0.3, -0.25) is 0 Å². The van der Waals surface area contributed by atoms with E-state index in [2.05, 4.69) is 26.0 Å². The lowest BCUT2D eigenvalue weighted by Gasteiger charge is -2.31. The zero-order chi connectivity index (χ0) is 15.9. The number of benzene rings is 1. The number of hydrogen-bond acceptors (Lipinski definition) is 2. The third-order valence-electron chi connectivity index (χ3n) is 5.16. The van der Waals surface area contributed by atoms with E-state index in [4.69, 9.17) is 9.47 Å². The fourth-order valence-corrected chi connectivity index (χ4v) is 3.83. The van der Waals surface area contributed by atoms with Crippen molar-refractivity contribution in [2.45, 2.75) is 71.1 Å². The van der Waals surface area contributed by atoms with Crippen LogP contribution in [0.4, 0.5) is 0 Å². The second-order valence-electron chi connectivity index (χ2n) is 6.74. The Balaban J connectivity index is 2.31. The van der Waals surface area contributed by atoms with Gasteiger partial charge in [-0.25, -0.2) is 0 Å². The highest BCUT2D eigenvalue weighted by molar-refractivity contribution is 5.50. The van der Waals surface area contributed by atoms with Crippen LogP contribution >= 0.6 is 0 Å². The summed E-state index contributed by atoms with van der Waals surface area (Å²) in [5, 5.41) is 0. The molecule has 0 spiro atoms. The van der Waals surface area contributed by atoms with Gasteiger partial charge in [0.1, 0.15) is 11.5 Å². The van der Waals surface area contributed by atoms with E-state index in [9.17, 15) is 0 Å². The third-order valence-corrected chi connectivity index (χ3v) is 5.16. The lowest BCUT2D eigenvalue weighted by Crippen LogP contribution is -2.16. The van der Waals surface area contributed by atoms with Crippen LogP contribution in [0.1, 0.15) is 75.8 Å². The van der Waals surface area contributed by atoms with E-state index >= 15 is 0 Å². The van der Waals surface area contributed by atoms with Gasteiger partial charge in [0.15, 0.2) is 0 Å². The van der Waals surface area contributed by atoms with Crippen molar-refractivity contribution < 1.29 is 9.47 Å². The van der Waals surface area contributed by atoms with Gasteiger partial charge in [0.2, 0.25) is 0 Å². The third kappa shape index (κ3) is 3.97. The molecule has 1 saturated carbocycles. The maximum absolute atomic E-state index is 5.76. The van der Waals surface area contributed by atoms with Gasteiger partial charge < -0.3 is 9.47 Å². The Hall–Kier alpha value is -1.18. The summed E-state index contributed by atoms with van der Waals surface area (Å²) in [4.78, 5) is 0. The lowest BCUT2D eigenvalue weighted by molar-refractivity contribution is 0.305. The SMILES string of the molecule is CCCCCc1cc(OC)c(C2CCCCC2C)c(OC)c1. The second-order valence-corrected chi connectivity index (χ2v) is 6.74. The molecule has 0 heterocycles. The molecule has 2 atom stereocenters. The summed E-state index contributed by atoms with van der Waals surface area (Å²) in [5.74, 6) is 3.35. The summed E-state index contributed by atoms with van der Waals surface area (Å²) < 4.78 is 11.5. The molecule has 0 aliphatic heterocycles. The topological polar surface area (TPSA) is 18.5 Å². The van der Waals surface area contributed by atoms with E-state index < -0.39 is 0 Å². The molecule has 0 N–H and O–H groups in total. The lowest BCUT2D eigenvalue weighted by atomic mass is 9.75. The quantitative estimate of drug-likeness (QED) is 0.599. The zero-order valence-corrected chi connectivity index (χ0v) is 14.8. The van der Waals surface area contributed by atoms with Crippen LogP contribution in [0.15, 0.2) is 12.1 Å². The fraction of sp³-hybridized carbons (Fsp3) is 0.700. The highest BCUT2D eigenvalue weighted by Crippen LogP contribution is 2.46. The Bertz CT molecular complexity index is 442. The molecule has 1 aromatic carbocycles. The van der Waals surface area contributed by atoms with E-state index in [0.29, 0.717) is 11.8 Å². The predicted octanol–water partition coefficient (Wildman–Crippen LogP) is 5.73. The average molecular weight is 304 g/mol. The molecule has 2 heteroatoms. The number of methoxy groups -OCH3 is 2. The molecule has 2 nitrogen and oxygen atoms in total. The molecule has 2 unspecified atom stereocenters. The van der Waals surface area contributed by atoms with Crippen LogP contribution in [0.5, 0.6) is 11.5 Å². The van der Waals surface area contributed by atoms with Crippen LogP contribution in [0.25, 0.3) is 0 Å². The second kappa shape index (κ2) is 8.45. The first-order valence-corrected chi connectivity index (χ1v) is 8.96. The van der Waals surface area contributed by atoms with Gasteiger partial charge in [0, 0.05) is 5.56 Å². The van der Waals surface area contributed by atoms with Crippen molar-refractivity contribution in [2.75, 3.05) is 14.2 Å². The van der Waals surface area contributed by atoms with Gasteiger partial charge in [-0.15, -0.1) is 0 Å². The standard InChI is InChI=1S/C20H32O2/c1-5-6-7-11-16-13-18(21-3)20(19(14-16)22-4)17-12-9-8-10-15(17)2/h13-15,17H,5-12H2,1-4H3. The van der Waals surface area contributed by atoms with Crippen molar-refractivity contribution in [2.24, 2.45) is 5.92 Å². The highest BCUT2D eigenvalue weighted by atomic mass is 16.5. The Morgan fingerprint density at radius 2 is 1.64 bits per heavy atom. The maximum atomic E-state index is 5.76. The summed E-state index contributed by atoms with van der Waals surface area (Å²) in [6.07, 6.45) is 10.1. The molecular weight excluding hydrogens is 272 g/mol. The molecule has 22 heavy (non-hydrogen) atoms. The molecule has 0 amide bonds. The van der Waals surface area contributed by atoms with Crippen LogP contribution < -0.4 is 9.47 Å². The summed E-state index contributed by atoms with van der Waals surface area (Å²) in [6.45, 7) is 4.62. The van der Waals surface area contributed by atoms with Crippen LogP contribution in [-0.4, -0.2) is 14.2 Å². The summed E-state index contributed by atoms with van der Waals surface area (Å²) in [7, 11) is 3.59. The molecule has 0 radical (unpaired) electrons. The summed E-state index contributed by atoms with van der Waals surface area (Å²) in [6, 6.07) is 4.49. The molecule has 1 aliphatic rings. The monoisotopic (exact) mass is 304 g/mol. The predicted molar refractivity (Wildman–Crippen MR) is 93.1 cm³/mol. The molecule has 1 aromatic rings. The van der Waals surface area contributed by atoms with Crippen molar-refractivity contribution in [3.63, 3.8) is 0 Å². The molecule has 124 valence electrons. The van der Waals surface area contributed by atoms with Crippen molar-refractivity contribution in [3.05, 3.63) is 23.3 Å². The smallest absolute Gasteiger partial charge is 0.126 e. The number of rotatable bonds is 7. The Morgan fingerprint density at radius 3 is 2.18 bits per heavy atom. The molecular formula is C20H32O2. The summed E-state index contributed by atoms with van der Waals surface area (Å²) in [5.41, 5.74) is 2.64. The zero-order valence-electron chi connectivity index (χ0n) is 14.8. The van der Waals surface area contributed by atoms with Crippen molar-refractivity contribution in [1.29, 1.82) is 0 Å².